The first-order valence-electron chi connectivity index (χ1n) is 8.83. The van der Waals surface area contributed by atoms with Crippen LogP contribution in [0.25, 0.3) is 10.9 Å². The Morgan fingerprint density at radius 1 is 1.24 bits per heavy atom. The molecule has 0 aliphatic heterocycles. The average Bonchev–Trinajstić information content (AvgIpc) is 3.39. The van der Waals surface area contributed by atoms with E-state index in [2.05, 4.69) is 0 Å². The van der Waals surface area contributed by atoms with E-state index in [4.69, 9.17) is 5.73 Å². The lowest BCUT2D eigenvalue weighted by molar-refractivity contribution is 0.0695. The molecule has 2 aliphatic carbocycles. The van der Waals surface area contributed by atoms with Crippen molar-refractivity contribution in [3.05, 3.63) is 45.5 Å². The monoisotopic (exact) mass is 344 g/mol. The molecule has 2 atom stereocenters. The minimum atomic E-state index is -1.27. The Balaban J connectivity index is 1.92. The number of rotatable bonds is 3. The van der Waals surface area contributed by atoms with E-state index in [9.17, 15) is 19.1 Å². The maximum Gasteiger partial charge on any atom is 0.341 e. The summed E-state index contributed by atoms with van der Waals surface area (Å²) in [5.41, 5.74) is 6.36. The van der Waals surface area contributed by atoms with E-state index >= 15 is 0 Å². The summed E-state index contributed by atoms with van der Waals surface area (Å²) in [6.45, 7) is 0. The lowest BCUT2D eigenvalue weighted by Gasteiger charge is -2.27. The van der Waals surface area contributed by atoms with E-state index in [0.29, 0.717) is 11.1 Å². The van der Waals surface area contributed by atoms with E-state index in [-0.39, 0.29) is 29.0 Å². The molecule has 2 aromatic rings. The smallest absolute Gasteiger partial charge is 0.341 e. The van der Waals surface area contributed by atoms with Crippen molar-refractivity contribution < 1.29 is 14.3 Å². The highest BCUT2D eigenvalue weighted by atomic mass is 19.1. The van der Waals surface area contributed by atoms with Gasteiger partial charge in [0.2, 0.25) is 5.43 Å². The van der Waals surface area contributed by atoms with Crippen molar-refractivity contribution in [2.24, 2.45) is 5.73 Å². The number of aromatic nitrogens is 1. The van der Waals surface area contributed by atoms with Gasteiger partial charge in [-0.3, -0.25) is 4.79 Å². The molecule has 2 unspecified atom stereocenters. The van der Waals surface area contributed by atoms with Gasteiger partial charge in [0, 0.05) is 23.7 Å². The summed E-state index contributed by atoms with van der Waals surface area (Å²) < 4.78 is 16.6. The molecule has 3 N–H and O–H groups in total. The molecular formula is C19H21FN2O3. The van der Waals surface area contributed by atoms with Gasteiger partial charge >= 0.3 is 5.97 Å². The largest absolute Gasteiger partial charge is 0.477 e. The summed E-state index contributed by atoms with van der Waals surface area (Å²) in [7, 11) is 0. The highest BCUT2D eigenvalue weighted by Gasteiger charge is 2.29. The Bertz CT molecular complexity index is 917. The first kappa shape index (κ1) is 16.3. The van der Waals surface area contributed by atoms with Gasteiger partial charge in [-0.2, -0.15) is 0 Å². The molecule has 2 fully saturated rings. The summed E-state index contributed by atoms with van der Waals surface area (Å²) in [4.78, 5) is 23.9. The Morgan fingerprint density at radius 3 is 2.64 bits per heavy atom. The number of nitrogens with two attached hydrogens (primary N) is 1. The molecule has 0 bridgehead atoms. The van der Waals surface area contributed by atoms with Crippen LogP contribution in [0.1, 0.15) is 66.4 Å². The second kappa shape index (κ2) is 5.95. The fourth-order valence-corrected chi connectivity index (χ4v) is 4.02. The maximum atomic E-state index is 14.8. The molecule has 6 heteroatoms. The third-order valence-corrected chi connectivity index (χ3v) is 5.48. The van der Waals surface area contributed by atoms with Crippen LogP contribution in [-0.4, -0.2) is 21.7 Å². The number of carboxylic acids is 1. The van der Waals surface area contributed by atoms with Gasteiger partial charge in [-0.15, -0.1) is 0 Å². The van der Waals surface area contributed by atoms with Crippen molar-refractivity contribution in [3.63, 3.8) is 0 Å². The number of hydrogen-bond donors (Lipinski definition) is 2. The van der Waals surface area contributed by atoms with Crippen molar-refractivity contribution in [1.82, 2.24) is 4.57 Å². The summed E-state index contributed by atoms with van der Waals surface area (Å²) in [6.07, 6.45) is 6.85. The molecule has 132 valence electrons. The number of nitrogens with zero attached hydrogens (tertiary/aromatic N) is 1. The molecule has 1 aromatic carbocycles. The van der Waals surface area contributed by atoms with E-state index < -0.39 is 17.2 Å². The van der Waals surface area contributed by atoms with Crippen LogP contribution in [0.15, 0.2) is 23.1 Å². The molecule has 4 rings (SSSR count). The van der Waals surface area contributed by atoms with Crippen LogP contribution in [0.5, 0.6) is 0 Å². The first-order valence-corrected chi connectivity index (χ1v) is 8.83. The number of fused-ring (bicyclic) bond motifs is 1. The van der Waals surface area contributed by atoms with Crippen LogP contribution in [0, 0.1) is 5.82 Å². The van der Waals surface area contributed by atoms with Gasteiger partial charge in [-0.25, -0.2) is 9.18 Å². The van der Waals surface area contributed by atoms with Crippen LogP contribution in [0.3, 0.4) is 0 Å². The van der Waals surface area contributed by atoms with Gasteiger partial charge in [-0.05, 0) is 55.7 Å². The zero-order chi connectivity index (χ0) is 17.7. The summed E-state index contributed by atoms with van der Waals surface area (Å²) in [5.74, 6) is -1.66. The topological polar surface area (TPSA) is 85.3 Å². The predicted molar refractivity (Wildman–Crippen MR) is 92.6 cm³/mol. The number of halogens is 1. The van der Waals surface area contributed by atoms with Crippen LogP contribution in [0.2, 0.25) is 0 Å². The summed E-state index contributed by atoms with van der Waals surface area (Å²) >= 11 is 0. The second-order valence-corrected chi connectivity index (χ2v) is 7.33. The third kappa shape index (κ3) is 2.84. The van der Waals surface area contributed by atoms with Gasteiger partial charge in [0.15, 0.2) is 0 Å². The van der Waals surface area contributed by atoms with Gasteiger partial charge < -0.3 is 15.4 Å². The van der Waals surface area contributed by atoms with E-state index in [1.54, 1.807) is 6.07 Å². The van der Waals surface area contributed by atoms with Crippen molar-refractivity contribution in [1.29, 1.82) is 0 Å². The van der Waals surface area contributed by atoms with Crippen LogP contribution >= 0.6 is 0 Å². The van der Waals surface area contributed by atoms with Crippen LogP contribution in [-0.2, 0) is 0 Å². The lowest BCUT2D eigenvalue weighted by atomic mass is 9.81. The molecule has 1 aromatic heterocycles. The minimum Gasteiger partial charge on any atom is -0.477 e. The zero-order valence-electron chi connectivity index (χ0n) is 13.9. The molecule has 1 heterocycles. The number of carboxylic acid groups (broad SMARTS) is 1. The minimum absolute atomic E-state index is 0.0510. The number of aromatic carboxylic acids is 1. The number of carbonyl (C=O) groups is 1. The van der Waals surface area contributed by atoms with Crippen LogP contribution < -0.4 is 11.2 Å². The molecule has 0 saturated heterocycles. The zero-order valence-corrected chi connectivity index (χ0v) is 13.9. The highest BCUT2D eigenvalue weighted by molar-refractivity contribution is 5.92. The normalized spacial score (nSPS) is 23.8. The number of benzene rings is 1. The lowest BCUT2D eigenvalue weighted by Crippen LogP contribution is -2.27. The van der Waals surface area contributed by atoms with Gasteiger partial charge in [0.1, 0.15) is 11.4 Å². The third-order valence-electron chi connectivity index (χ3n) is 5.48. The van der Waals surface area contributed by atoms with Gasteiger partial charge in [-0.1, -0.05) is 6.42 Å². The van der Waals surface area contributed by atoms with Crippen molar-refractivity contribution in [2.75, 3.05) is 0 Å². The molecule has 5 nitrogen and oxygen atoms in total. The Morgan fingerprint density at radius 2 is 2.00 bits per heavy atom. The van der Waals surface area contributed by atoms with E-state index in [0.717, 1.165) is 38.5 Å². The molecule has 2 saturated carbocycles. The predicted octanol–water partition coefficient (Wildman–Crippen LogP) is 3.16. The quantitative estimate of drug-likeness (QED) is 0.896. The van der Waals surface area contributed by atoms with Gasteiger partial charge in [0.05, 0.1) is 5.52 Å². The molecule has 2 aliphatic rings. The molecule has 0 radical (unpaired) electrons. The molecule has 0 spiro atoms. The number of pyridine rings is 1. The van der Waals surface area contributed by atoms with Crippen molar-refractivity contribution in [3.8, 4) is 0 Å². The van der Waals surface area contributed by atoms with E-state index in [1.165, 1.54) is 12.3 Å². The van der Waals surface area contributed by atoms with Gasteiger partial charge in [0.25, 0.3) is 0 Å². The standard InChI is InChI=1S/C19H21FN2O3/c20-16-7-14-17(8-13(16)10-2-1-3-11(21)6-10)22(12-4-5-12)9-15(18(14)23)19(24)25/h7-12H,1-6,21H2,(H,24,25). The molecule has 0 amide bonds. The highest BCUT2D eigenvalue weighted by Crippen LogP contribution is 2.39. The van der Waals surface area contributed by atoms with Crippen molar-refractivity contribution in [2.45, 2.75) is 56.5 Å². The Hall–Kier alpha value is -2.21. The second-order valence-electron chi connectivity index (χ2n) is 7.33. The number of hydrogen-bond acceptors (Lipinski definition) is 3. The fourth-order valence-electron chi connectivity index (χ4n) is 4.02. The first-order chi connectivity index (χ1) is 12.0. The summed E-state index contributed by atoms with van der Waals surface area (Å²) in [5, 5.41) is 9.43. The SMILES string of the molecule is NC1CCCC(c2cc3c(cc2F)c(=O)c(C(=O)O)cn3C2CC2)C1. The molecule has 25 heavy (non-hydrogen) atoms. The van der Waals surface area contributed by atoms with E-state index in [1.807, 2.05) is 4.57 Å². The summed E-state index contributed by atoms with van der Waals surface area (Å²) in [6, 6.07) is 3.24. The fraction of sp³-hybridized carbons (Fsp3) is 0.474. The Labute approximate surface area is 144 Å². The molecular weight excluding hydrogens is 323 g/mol. The maximum absolute atomic E-state index is 14.8. The van der Waals surface area contributed by atoms with Crippen molar-refractivity contribution >= 4 is 16.9 Å². The van der Waals surface area contributed by atoms with Crippen LogP contribution in [0.4, 0.5) is 4.39 Å². The Kier molecular flexibility index (Phi) is 3.87. The average molecular weight is 344 g/mol.